The van der Waals surface area contributed by atoms with Gasteiger partial charge in [0.25, 0.3) is 0 Å². The van der Waals surface area contributed by atoms with Gasteiger partial charge in [-0.15, -0.1) is 0 Å². The Morgan fingerprint density at radius 3 is 2.03 bits per heavy atom. The largest absolute Gasteiger partial charge is 0.490 e. The van der Waals surface area contributed by atoms with Crippen molar-refractivity contribution < 1.29 is 60.0 Å². The predicted octanol–water partition coefficient (Wildman–Crippen LogP) is 3.94. The lowest BCUT2D eigenvalue weighted by atomic mass is 9.90. The zero-order valence-corrected chi connectivity index (χ0v) is 20.9. The van der Waals surface area contributed by atoms with E-state index in [0.717, 1.165) is 70.8 Å². The Bertz CT molecular complexity index is 916. The number of alkyl halides is 6. The van der Waals surface area contributed by atoms with Crippen molar-refractivity contribution in [2.24, 2.45) is 0 Å². The molecule has 15 heteroatoms. The first kappa shape index (κ1) is 32.7. The van der Waals surface area contributed by atoms with Crippen molar-refractivity contribution in [2.75, 3.05) is 45.9 Å². The summed E-state index contributed by atoms with van der Waals surface area (Å²) in [6.07, 6.45) is -5.23. The van der Waals surface area contributed by atoms with Gasteiger partial charge in [0.05, 0.1) is 24.9 Å². The van der Waals surface area contributed by atoms with Crippen LogP contribution in [0.1, 0.15) is 31.2 Å². The maximum Gasteiger partial charge on any atom is 0.490 e. The van der Waals surface area contributed by atoms with Crippen LogP contribution in [0, 0.1) is 5.82 Å². The van der Waals surface area contributed by atoms with Gasteiger partial charge in [0.1, 0.15) is 5.82 Å². The van der Waals surface area contributed by atoms with Crippen LogP contribution >= 0.6 is 0 Å². The molecule has 1 spiro atoms. The molecule has 0 aromatic heterocycles. The van der Waals surface area contributed by atoms with Gasteiger partial charge < -0.3 is 19.7 Å². The first-order chi connectivity index (χ1) is 18.1. The quantitative estimate of drug-likeness (QED) is 0.521. The minimum Gasteiger partial charge on any atom is -0.475 e. The van der Waals surface area contributed by atoms with Crippen LogP contribution in [-0.2, 0) is 25.6 Å². The van der Waals surface area contributed by atoms with Crippen molar-refractivity contribution in [1.82, 2.24) is 9.80 Å². The molecule has 3 heterocycles. The SMILES string of the molecule is Fc1ccccc1CN1CC[C@]2(CCC[C@H](CN3CCOCC3)O2)C1.O=C(O)C(F)(F)F.O=C(O)C(F)(F)F. The molecule has 39 heavy (non-hydrogen) atoms. The van der Waals surface area contributed by atoms with Crippen LogP contribution in [0.4, 0.5) is 30.7 Å². The second-order valence-electron chi connectivity index (χ2n) is 9.39. The summed E-state index contributed by atoms with van der Waals surface area (Å²) in [6.45, 7) is 7.37. The van der Waals surface area contributed by atoms with Gasteiger partial charge in [-0.25, -0.2) is 14.0 Å². The van der Waals surface area contributed by atoms with E-state index in [4.69, 9.17) is 29.3 Å². The molecule has 0 amide bonds. The van der Waals surface area contributed by atoms with Crippen LogP contribution in [0.3, 0.4) is 0 Å². The standard InChI is InChI=1S/C20H29FN2O2.2C2HF3O2/c21-19-6-2-1-4-17(19)14-23-9-8-20(16-23)7-3-5-18(25-20)15-22-10-12-24-13-11-22;2*3-2(4,5)1(6)7/h1-2,4,6,18H,3,5,7-16H2;2*(H,6,7)/t18-,20-;;/m1../s1. The number of hydrogen-bond donors (Lipinski definition) is 2. The van der Waals surface area contributed by atoms with E-state index in [2.05, 4.69) is 9.80 Å². The lowest BCUT2D eigenvalue weighted by molar-refractivity contribution is -0.193. The van der Waals surface area contributed by atoms with Crippen molar-refractivity contribution in [2.45, 2.75) is 56.3 Å². The smallest absolute Gasteiger partial charge is 0.475 e. The number of carboxylic acid groups (broad SMARTS) is 2. The summed E-state index contributed by atoms with van der Waals surface area (Å²) in [6, 6.07) is 7.12. The molecule has 3 aliphatic rings. The molecule has 8 nitrogen and oxygen atoms in total. The number of carboxylic acids is 2. The third kappa shape index (κ3) is 11.3. The van der Waals surface area contributed by atoms with Gasteiger partial charge in [-0.3, -0.25) is 9.80 Å². The Labute approximate surface area is 220 Å². The molecule has 0 aliphatic carbocycles. The normalized spacial score (nSPS) is 24.3. The molecule has 3 saturated heterocycles. The van der Waals surface area contributed by atoms with E-state index in [1.54, 1.807) is 12.1 Å². The second kappa shape index (κ2) is 14.2. The van der Waals surface area contributed by atoms with Crippen LogP contribution in [0.25, 0.3) is 0 Å². The Balaban J connectivity index is 0.000000317. The summed E-state index contributed by atoms with van der Waals surface area (Å²) < 4.78 is 89.5. The van der Waals surface area contributed by atoms with E-state index in [1.165, 1.54) is 6.42 Å². The highest BCUT2D eigenvalue weighted by molar-refractivity contribution is 5.73. The fourth-order valence-corrected chi connectivity index (χ4v) is 4.55. The first-order valence-electron chi connectivity index (χ1n) is 12.2. The van der Waals surface area contributed by atoms with Crippen molar-refractivity contribution in [3.8, 4) is 0 Å². The molecular formula is C24H31F7N2O6. The highest BCUT2D eigenvalue weighted by Gasteiger charge is 2.43. The topological polar surface area (TPSA) is 99.5 Å². The predicted molar refractivity (Wildman–Crippen MR) is 122 cm³/mol. The number of aliphatic carboxylic acids is 2. The maximum atomic E-state index is 13.9. The number of morpholine rings is 1. The average molecular weight is 577 g/mol. The number of halogens is 7. The molecule has 4 rings (SSSR count). The van der Waals surface area contributed by atoms with Gasteiger partial charge in [-0.05, 0) is 31.7 Å². The molecule has 0 saturated carbocycles. The van der Waals surface area contributed by atoms with Crippen LogP contribution < -0.4 is 0 Å². The molecular weight excluding hydrogens is 545 g/mol. The van der Waals surface area contributed by atoms with Crippen LogP contribution in [0.2, 0.25) is 0 Å². The minimum absolute atomic E-state index is 0.0134. The Hall–Kier alpha value is -2.49. The van der Waals surface area contributed by atoms with Gasteiger partial charge in [0.2, 0.25) is 0 Å². The van der Waals surface area contributed by atoms with Crippen molar-refractivity contribution in [1.29, 1.82) is 0 Å². The fraction of sp³-hybridized carbons (Fsp3) is 0.667. The summed E-state index contributed by atoms with van der Waals surface area (Å²) in [5.74, 6) is -5.61. The Kier molecular flexibility index (Phi) is 11.9. The number of hydrogen-bond acceptors (Lipinski definition) is 6. The second-order valence-corrected chi connectivity index (χ2v) is 9.39. The molecule has 2 atom stereocenters. The summed E-state index contributed by atoms with van der Waals surface area (Å²) in [5, 5.41) is 14.2. The molecule has 3 aliphatic heterocycles. The molecule has 2 N–H and O–H groups in total. The minimum atomic E-state index is -5.08. The Morgan fingerprint density at radius 2 is 1.49 bits per heavy atom. The van der Waals surface area contributed by atoms with Gasteiger partial charge >= 0.3 is 24.3 Å². The van der Waals surface area contributed by atoms with E-state index in [0.29, 0.717) is 12.6 Å². The first-order valence-corrected chi connectivity index (χ1v) is 12.2. The zero-order valence-electron chi connectivity index (χ0n) is 20.9. The molecule has 0 bridgehead atoms. The van der Waals surface area contributed by atoms with Crippen LogP contribution in [-0.4, -0.2) is 102 Å². The molecule has 1 aromatic rings. The van der Waals surface area contributed by atoms with E-state index in [1.807, 2.05) is 12.1 Å². The number of rotatable bonds is 4. The van der Waals surface area contributed by atoms with Gasteiger partial charge in [-0.1, -0.05) is 18.2 Å². The van der Waals surface area contributed by atoms with Crippen molar-refractivity contribution in [3.05, 3.63) is 35.6 Å². The van der Waals surface area contributed by atoms with Crippen molar-refractivity contribution >= 4 is 11.9 Å². The van der Waals surface area contributed by atoms with E-state index < -0.39 is 24.3 Å². The lowest BCUT2D eigenvalue weighted by Gasteiger charge is -2.41. The monoisotopic (exact) mass is 576 g/mol. The van der Waals surface area contributed by atoms with Crippen molar-refractivity contribution in [3.63, 3.8) is 0 Å². The van der Waals surface area contributed by atoms with Gasteiger partial charge in [0, 0.05) is 44.8 Å². The van der Waals surface area contributed by atoms with E-state index in [9.17, 15) is 30.7 Å². The number of ether oxygens (including phenoxy) is 2. The number of carbonyl (C=O) groups is 2. The molecule has 1 aromatic carbocycles. The van der Waals surface area contributed by atoms with Gasteiger partial charge in [-0.2, -0.15) is 26.3 Å². The highest BCUT2D eigenvalue weighted by atomic mass is 19.4. The van der Waals surface area contributed by atoms with Gasteiger partial charge in [0.15, 0.2) is 0 Å². The Morgan fingerprint density at radius 1 is 0.923 bits per heavy atom. The zero-order chi connectivity index (χ0) is 29.3. The summed E-state index contributed by atoms with van der Waals surface area (Å²) in [5.41, 5.74) is 0.778. The third-order valence-electron chi connectivity index (χ3n) is 6.37. The lowest BCUT2D eigenvalue weighted by Crippen LogP contribution is -2.48. The molecule has 0 radical (unpaired) electrons. The number of likely N-dealkylation sites (tertiary alicyclic amines) is 1. The summed E-state index contributed by atoms with van der Waals surface area (Å²) in [4.78, 5) is 22.6. The third-order valence-corrected chi connectivity index (χ3v) is 6.37. The number of benzene rings is 1. The fourth-order valence-electron chi connectivity index (χ4n) is 4.55. The average Bonchev–Trinajstić information content (AvgIpc) is 3.22. The number of nitrogens with zero attached hydrogens (tertiary/aromatic N) is 2. The van der Waals surface area contributed by atoms with E-state index >= 15 is 0 Å². The highest BCUT2D eigenvalue weighted by Crippen LogP contribution is 2.37. The molecule has 0 unspecified atom stereocenters. The summed E-state index contributed by atoms with van der Waals surface area (Å²) in [7, 11) is 0. The maximum absolute atomic E-state index is 13.9. The molecule has 222 valence electrons. The molecule has 3 fully saturated rings. The summed E-state index contributed by atoms with van der Waals surface area (Å²) >= 11 is 0. The van der Waals surface area contributed by atoms with Crippen LogP contribution in [0.5, 0.6) is 0 Å². The van der Waals surface area contributed by atoms with E-state index in [-0.39, 0.29) is 11.4 Å². The van der Waals surface area contributed by atoms with Crippen LogP contribution in [0.15, 0.2) is 24.3 Å².